The number of para-hydroxylation sites is 1. The third kappa shape index (κ3) is 11.2. The van der Waals surface area contributed by atoms with Crippen LogP contribution in [-0.2, 0) is 0 Å². The number of rotatable bonds is 4. The van der Waals surface area contributed by atoms with Crippen LogP contribution in [-0.4, -0.2) is 38.4 Å². The Labute approximate surface area is 724 Å². The number of nitrogens with zero attached hydrogens (tertiary/aromatic N) is 4. The standard InChI is InChI=1S/C46H33BN2O2.C34H26BNO2.C32H22BNO2/c1-26-8-16-38-32(20-26)33-21-27(2)9-17-39(33)48(38)30-12-14-36-44(24-30)50-42-6-5-7-43-46(42)47(36)37-15-13-31(25-45(37)51-43)49-40-18-10-28(3)22-34(40)35-23-29(4)11-19-41(35)49;1-19-5-9-28-24(13-19)25-14-20(2)6-10-29(25)36(28)23-17-32-34-33(18-23)38-31-12-8-22(4)16-27(31)35(34)26-15-21(3)7-11-30(26)37-32;1-19-10-14-26-22(16-19)23-17-20(2)11-15-27(23)34(26)21-12-13-25-31(18-21)36-30-9-5-8-29-32(30)33(25)24-6-3-4-7-28(24)35-29/h5-25H,1-4H3;5-18H,1-4H3;3-18H,1-2H3. The molecule has 0 saturated heterocycles. The Hall–Kier alpha value is -15.1. The second-order valence-electron chi connectivity index (χ2n) is 35.4. The Morgan fingerprint density at radius 2 is 0.376 bits per heavy atom. The topological polar surface area (TPSA) is 75.1 Å². The van der Waals surface area contributed by atoms with Gasteiger partial charge in [0.1, 0.15) is 69.0 Å². The highest BCUT2D eigenvalue weighted by atomic mass is 16.5. The summed E-state index contributed by atoms with van der Waals surface area (Å²) in [5.41, 5.74) is 36.7. The van der Waals surface area contributed by atoms with Crippen LogP contribution < -0.4 is 77.6 Å². The SMILES string of the molecule is Cc1ccc2c(c1)B1c3cc(C)ccc3Oc3cc(-n4c5ccc(C)cc5c5cc(C)ccc54)cc(c31)O2.Cc1ccc2c(c1)c1cc(C)ccc1n2-c1ccc2c(c1)Oc1cccc3c1B2c1ccc(-n2c4ccc(C)cc4c4cc(C)ccc42)cc1O3.Cc1ccc2c(c1)c1cc(C)ccc1n2-c1ccc2c(c1)Oc1cccc3c1B2c1ccccc1O3. The molecule has 0 unspecified atom stereocenters. The van der Waals surface area contributed by atoms with E-state index in [1.165, 1.54) is 165 Å². The summed E-state index contributed by atoms with van der Waals surface area (Å²) in [7, 11) is 0. The van der Waals surface area contributed by atoms with Gasteiger partial charge in [0.2, 0.25) is 0 Å². The highest BCUT2D eigenvalue weighted by Crippen LogP contribution is 2.46. The number of ether oxygens (including phenoxy) is 6. The minimum atomic E-state index is -0.0151. The van der Waals surface area contributed by atoms with Crippen molar-refractivity contribution in [3.63, 3.8) is 0 Å². The van der Waals surface area contributed by atoms with E-state index in [1.807, 2.05) is 30.3 Å². The fraction of sp³-hybridized carbons (Fsp3) is 0.0893. The predicted molar refractivity (Wildman–Crippen MR) is 517 cm³/mol. The molecular weight excluding hydrogens is 1530 g/mol. The number of hydrogen-bond acceptors (Lipinski definition) is 6. The molecule has 0 N–H and O–H groups in total. The molecule has 10 heterocycles. The van der Waals surface area contributed by atoms with E-state index in [0.717, 1.165) is 119 Å². The molecule has 594 valence electrons. The minimum Gasteiger partial charge on any atom is -0.458 e. The fourth-order valence-electron chi connectivity index (χ4n) is 21.2. The zero-order valence-electron chi connectivity index (χ0n) is 70.9. The highest BCUT2D eigenvalue weighted by molar-refractivity contribution is 6.99. The molecule has 125 heavy (non-hydrogen) atoms. The van der Waals surface area contributed by atoms with Crippen LogP contribution in [0.1, 0.15) is 55.6 Å². The smallest absolute Gasteiger partial charge is 0.260 e. The van der Waals surface area contributed by atoms with Gasteiger partial charge in [-0.05, 0) is 260 Å². The van der Waals surface area contributed by atoms with Crippen LogP contribution in [0.25, 0.3) is 110 Å². The summed E-state index contributed by atoms with van der Waals surface area (Å²) in [4.78, 5) is 0. The molecule has 0 atom stereocenters. The van der Waals surface area contributed by atoms with Gasteiger partial charge in [0, 0.05) is 107 Å². The molecule has 0 spiro atoms. The first-order valence-corrected chi connectivity index (χ1v) is 43.3. The van der Waals surface area contributed by atoms with Gasteiger partial charge >= 0.3 is 0 Å². The van der Waals surface area contributed by atoms with Crippen LogP contribution in [0.5, 0.6) is 69.0 Å². The molecule has 6 aliphatic heterocycles. The average molecular weight is 1610 g/mol. The molecule has 0 amide bonds. The van der Waals surface area contributed by atoms with Crippen molar-refractivity contribution in [1.82, 2.24) is 18.3 Å². The van der Waals surface area contributed by atoms with E-state index in [4.69, 9.17) is 28.4 Å². The van der Waals surface area contributed by atoms with Crippen molar-refractivity contribution in [3.05, 3.63) is 365 Å². The summed E-state index contributed by atoms with van der Waals surface area (Å²) in [5.74, 6) is 10.5. The van der Waals surface area contributed by atoms with Crippen LogP contribution in [0, 0.1) is 69.2 Å². The van der Waals surface area contributed by atoms with Gasteiger partial charge in [-0.2, -0.15) is 0 Å². The van der Waals surface area contributed by atoms with Crippen molar-refractivity contribution < 1.29 is 28.4 Å². The second-order valence-corrected chi connectivity index (χ2v) is 35.4. The lowest BCUT2D eigenvalue weighted by Gasteiger charge is -2.33. The van der Waals surface area contributed by atoms with Crippen molar-refractivity contribution in [3.8, 4) is 91.7 Å². The number of fused-ring (bicyclic) bond motifs is 24. The molecule has 10 nitrogen and oxygen atoms in total. The molecule has 17 aromatic carbocycles. The van der Waals surface area contributed by atoms with Gasteiger partial charge in [-0.3, -0.25) is 0 Å². The molecule has 0 radical (unpaired) electrons. The number of benzene rings is 17. The molecule has 21 aromatic rings. The summed E-state index contributed by atoms with van der Waals surface area (Å²) >= 11 is 0. The quantitative estimate of drug-likeness (QED) is 0.163. The van der Waals surface area contributed by atoms with Gasteiger partial charge in [-0.25, -0.2) is 0 Å². The number of hydrogen-bond donors (Lipinski definition) is 0. The zero-order valence-corrected chi connectivity index (χ0v) is 70.9. The first-order valence-electron chi connectivity index (χ1n) is 43.3. The van der Waals surface area contributed by atoms with Crippen LogP contribution >= 0.6 is 0 Å². The van der Waals surface area contributed by atoms with Crippen LogP contribution in [0.4, 0.5) is 0 Å². The lowest BCUT2D eigenvalue weighted by molar-refractivity contribution is 0.463. The molecule has 0 aliphatic carbocycles. The molecule has 6 aliphatic rings. The Kier molecular flexibility index (Phi) is 15.8. The van der Waals surface area contributed by atoms with Gasteiger partial charge in [-0.15, -0.1) is 0 Å². The van der Waals surface area contributed by atoms with Crippen LogP contribution in [0.3, 0.4) is 0 Å². The Morgan fingerprint density at radius 1 is 0.160 bits per heavy atom. The van der Waals surface area contributed by atoms with Gasteiger partial charge in [-0.1, -0.05) is 177 Å². The fourth-order valence-corrected chi connectivity index (χ4v) is 21.2. The zero-order chi connectivity index (χ0) is 83.8. The molecule has 0 fully saturated rings. The van der Waals surface area contributed by atoms with Crippen molar-refractivity contribution >= 4 is 157 Å². The number of aromatic nitrogens is 4. The van der Waals surface area contributed by atoms with Crippen molar-refractivity contribution in [2.45, 2.75) is 69.2 Å². The molecule has 0 bridgehead atoms. The summed E-state index contributed by atoms with van der Waals surface area (Å²) in [6, 6.07) is 112. The van der Waals surface area contributed by atoms with Gasteiger partial charge in [0.25, 0.3) is 20.1 Å². The summed E-state index contributed by atoms with van der Waals surface area (Å²) in [5, 5.41) is 10.2. The average Bonchev–Trinajstić information content (AvgIpc) is 1.63. The second kappa shape index (κ2) is 27.2. The third-order valence-corrected chi connectivity index (χ3v) is 26.8. The Morgan fingerprint density at radius 3 is 0.688 bits per heavy atom. The van der Waals surface area contributed by atoms with E-state index in [-0.39, 0.29) is 20.1 Å². The molecule has 4 aromatic heterocycles. The predicted octanol–water partition coefficient (Wildman–Crippen LogP) is 22.7. The molecule has 0 saturated carbocycles. The Balaban J connectivity index is 0.000000105. The van der Waals surface area contributed by atoms with E-state index in [0.29, 0.717) is 0 Å². The van der Waals surface area contributed by atoms with Gasteiger partial charge in [0.05, 0.1) is 49.8 Å². The van der Waals surface area contributed by atoms with Crippen LogP contribution in [0.2, 0.25) is 0 Å². The van der Waals surface area contributed by atoms with Crippen molar-refractivity contribution in [1.29, 1.82) is 0 Å². The van der Waals surface area contributed by atoms with E-state index in [9.17, 15) is 0 Å². The van der Waals surface area contributed by atoms with E-state index in [2.05, 4.69) is 367 Å². The summed E-state index contributed by atoms with van der Waals surface area (Å²) in [6.45, 7) is 21.7. The van der Waals surface area contributed by atoms with Crippen LogP contribution in [0.15, 0.2) is 309 Å². The maximum atomic E-state index is 6.74. The van der Waals surface area contributed by atoms with E-state index < -0.39 is 0 Å². The summed E-state index contributed by atoms with van der Waals surface area (Å²) in [6.07, 6.45) is 0. The highest BCUT2D eigenvalue weighted by Gasteiger charge is 2.44. The van der Waals surface area contributed by atoms with E-state index in [1.54, 1.807) is 0 Å². The first kappa shape index (κ1) is 72.7. The van der Waals surface area contributed by atoms with E-state index >= 15 is 0 Å². The largest absolute Gasteiger partial charge is 0.458 e. The van der Waals surface area contributed by atoms with Crippen molar-refractivity contribution in [2.75, 3.05) is 0 Å². The lowest BCUT2D eigenvalue weighted by Crippen LogP contribution is -2.57. The summed E-state index contributed by atoms with van der Waals surface area (Å²) < 4.78 is 49.0. The molecule has 27 rings (SSSR count). The van der Waals surface area contributed by atoms with Gasteiger partial charge < -0.3 is 46.7 Å². The third-order valence-electron chi connectivity index (χ3n) is 26.8. The maximum absolute atomic E-state index is 6.74. The number of aryl methyl sites for hydroxylation is 10. The minimum absolute atomic E-state index is 0.0151. The Bertz CT molecular complexity index is 7860. The van der Waals surface area contributed by atoms with Gasteiger partial charge in [0.15, 0.2) is 0 Å². The maximum Gasteiger partial charge on any atom is 0.260 e. The normalized spacial score (nSPS) is 13.1. The van der Waals surface area contributed by atoms with Crippen molar-refractivity contribution in [2.24, 2.45) is 0 Å². The first-order chi connectivity index (χ1) is 61.0. The molecule has 13 heteroatoms. The lowest BCUT2D eigenvalue weighted by atomic mass is 9.34. The molecular formula is C112H81B3N4O6. The monoisotopic (exact) mass is 1610 g/mol.